The molecule has 0 saturated heterocycles. The van der Waals surface area contributed by atoms with E-state index in [4.69, 9.17) is 5.73 Å². The predicted octanol–water partition coefficient (Wildman–Crippen LogP) is 2.44. The van der Waals surface area contributed by atoms with E-state index in [1.165, 1.54) is 6.92 Å². The third-order valence-corrected chi connectivity index (χ3v) is 4.61. The summed E-state index contributed by atoms with van der Waals surface area (Å²) < 4.78 is 0. The number of imide groups is 1. The molecule has 26 heavy (non-hydrogen) atoms. The van der Waals surface area contributed by atoms with Gasteiger partial charge in [0.1, 0.15) is 6.04 Å². The number of hydrogen-bond donors (Lipinski definition) is 2. The number of nitrogens with zero attached hydrogens (tertiary/aromatic N) is 1. The van der Waals surface area contributed by atoms with Gasteiger partial charge < -0.3 is 11.1 Å². The molecule has 2 atom stereocenters. The molecule has 3 amide bonds. The summed E-state index contributed by atoms with van der Waals surface area (Å²) in [5.74, 6) is -1.69. The normalized spacial score (nSPS) is 17.0. The smallest absolute Gasteiger partial charge is 0.256 e. The SMILES string of the molecule is CC(=O)N[C@@H](C)C(=O)N1C(=O)C(C)c2ccccc2-c2c(N)cccc21. The number of fused-ring (bicyclic) bond motifs is 3. The van der Waals surface area contributed by atoms with Gasteiger partial charge in [-0.15, -0.1) is 0 Å². The number of anilines is 2. The molecule has 0 saturated carbocycles. The van der Waals surface area contributed by atoms with E-state index in [0.717, 1.165) is 16.0 Å². The molecule has 3 rings (SSSR count). The van der Waals surface area contributed by atoms with Gasteiger partial charge in [0.2, 0.25) is 11.8 Å². The second kappa shape index (κ2) is 6.63. The summed E-state index contributed by atoms with van der Waals surface area (Å²) in [6.45, 7) is 4.66. The molecule has 2 aromatic carbocycles. The fourth-order valence-electron chi connectivity index (χ4n) is 3.37. The second-order valence-corrected chi connectivity index (χ2v) is 6.48. The summed E-state index contributed by atoms with van der Waals surface area (Å²) in [6, 6.07) is 11.8. The summed E-state index contributed by atoms with van der Waals surface area (Å²) in [4.78, 5) is 38.7. The number of nitrogen functional groups attached to an aromatic ring is 1. The van der Waals surface area contributed by atoms with Crippen molar-refractivity contribution in [3.8, 4) is 11.1 Å². The first-order chi connectivity index (χ1) is 12.3. The highest BCUT2D eigenvalue weighted by Crippen LogP contribution is 2.43. The lowest BCUT2D eigenvalue weighted by atomic mass is 9.92. The Bertz CT molecular complexity index is 907. The Kier molecular flexibility index (Phi) is 4.50. The first kappa shape index (κ1) is 17.7. The summed E-state index contributed by atoms with van der Waals surface area (Å²) in [7, 11) is 0. The van der Waals surface area contributed by atoms with Crippen molar-refractivity contribution in [1.82, 2.24) is 5.32 Å². The lowest BCUT2D eigenvalue weighted by Gasteiger charge is -2.26. The van der Waals surface area contributed by atoms with Crippen molar-refractivity contribution in [2.24, 2.45) is 0 Å². The molecule has 134 valence electrons. The van der Waals surface area contributed by atoms with E-state index < -0.39 is 17.9 Å². The van der Waals surface area contributed by atoms with Crippen LogP contribution in [-0.2, 0) is 14.4 Å². The Hall–Kier alpha value is -3.15. The first-order valence-corrected chi connectivity index (χ1v) is 8.45. The first-order valence-electron chi connectivity index (χ1n) is 8.45. The molecule has 0 bridgehead atoms. The maximum absolute atomic E-state index is 13.2. The van der Waals surface area contributed by atoms with E-state index in [9.17, 15) is 14.4 Å². The van der Waals surface area contributed by atoms with Gasteiger partial charge in [-0.3, -0.25) is 14.4 Å². The number of amides is 3. The maximum atomic E-state index is 13.2. The molecule has 1 unspecified atom stereocenters. The molecular weight excluding hydrogens is 330 g/mol. The number of nitrogens with one attached hydrogen (secondary N) is 1. The van der Waals surface area contributed by atoms with Crippen molar-refractivity contribution in [3.63, 3.8) is 0 Å². The van der Waals surface area contributed by atoms with Crippen LogP contribution < -0.4 is 16.0 Å². The highest BCUT2D eigenvalue weighted by molar-refractivity contribution is 6.22. The van der Waals surface area contributed by atoms with Crippen LogP contribution in [0.1, 0.15) is 32.3 Å². The fourth-order valence-corrected chi connectivity index (χ4v) is 3.37. The van der Waals surface area contributed by atoms with Crippen LogP contribution in [0.25, 0.3) is 11.1 Å². The van der Waals surface area contributed by atoms with E-state index in [1.807, 2.05) is 24.3 Å². The van der Waals surface area contributed by atoms with Gasteiger partial charge in [0.05, 0.1) is 11.6 Å². The molecule has 0 radical (unpaired) electrons. The topological polar surface area (TPSA) is 92.5 Å². The Labute approximate surface area is 152 Å². The van der Waals surface area contributed by atoms with Crippen molar-refractivity contribution in [2.75, 3.05) is 10.6 Å². The standard InChI is InChI=1S/C20H21N3O3/c1-11-14-7-4-5-8-15(14)18-16(21)9-6-10-17(18)23(19(11)25)20(26)12(2)22-13(3)24/h4-12H,21H2,1-3H3,(H,22,24)/t11?,12-/m0/s1. The van der Waals surface area contributed by atoms with E-state index >= 15 is 0 Å². The van der Waals surface area contributed by atoms with Gasteiger partial charge in [0.25, 0.3) is 5.91 Å². The minimum absolute atomic E-state index is 0.336. The van der Waals surface area contributed by atoms with Crippen LogP contribution in [0.15, 0.2) is 42.5 Å². The lowest BCUT2D eigenvalue weighted by molar-refractivity contribution is -0.130. The van der Waals surface area contributed by atoms with Crippen molar-refractivity contribution in [2.45, 2.75) is 32.7 Å². The van der Waals surface area contributed by atoms with Crippen molar-refractivity contribution in [1.29, 1.82) is 0 Å². The molecule has 0 fully saturated rings. The molecule has 2 aromatic rings. The van der Waals surface area contributed by atoms with Crippen LogP contribution >= 0.6 is 0 Å². The third kappa shape index (κ3) is 2.83. The van der Waals surface area contributed by atoms with Crippen LogP contribution in [0.3, 0.4) is 0 Å². The zero-order valence-corrected chi connectivity index (χ0v) is 14.9. The molecule has 1 aliphatic rings. The average Bonchev–Trinajstić information content (AvgIpc) is 2.69. The second-order valence-electron chi connectivity index (χ2n) is 6.48. The Morgan fingerprint density at radius 2 is 1.85 bits per heavy atom. The largest absolute Gasteiger partial charge is 0.398 e. The molecule has 6 heteroatoms. The van der Waals surface area contributed by atoms with Gasteiger partial charge in [-0.2, -0.15) is 0 Å². The van der Waals surface area contributed by atoms with Crippen molar-refractivity contribution in [3.05, 3.63) is 48.0 Å². The van der Waals surface area contributed by atoms with Gasteiger partial charge in [0, 0.05) is 18.2 Å². The zero-order valence-electron chi connectivity index (χ0n) is 14.9. The predicted molar refractivity (Wildman–Crippen MR) is 100 cm³/mol. The number of hydrogen-bond acceptors (Lipinski definition) is 4. The molecule has 1 heterocycles. The number of carbonyl (C=O) groups excluding carboxylic acids is 3. The van der Waals surface area contributed by atoms with Crippen LogP contribution in [0, 0.1) is 0 Å². The monoisotopic (exact) mass is 351 g/mol. The van der Waals surface area contributed by atoms with Crippen molar-refractivity contribution < 1.29 is 14.4 Å². The van der Waals surface area contributed by atoms with E-state index in [-0.39, 0.29) is 11.8 Å². The summed E-state index contributed by atoms with van der Waals surface area (Å²) in [6.07, 6.45) is 0. The van der Waals surface area contributed by atoms with Crippen LogP contribution in [0.5, 0.6) is 0 Å². The fraction of sp³-hybridized carbons (Fsp3) is 0.250. The third-order valence-electron chi connectivity index (χ3n) is 4.61. The van der Waals surface area contributed by atoms with Gasteiger partial charge in [-0.25, -0.2) is 4.90 Å². The number of nitrogens with two attached hydrogens (primary N) is 1. The molecule has 0 spiro atoms. The highest BCUT2D eigenvalue weighted by atomic mass is 16.2. The Balaban J connectivity index is 2.22. The molecule has 0 aliphatic carbocycles. The van der Waals surface area contributed by atoms with Gasteiger partial charge in [0.15, 0.2) is 0 Å². The van der Waals surface area contributed by atoms with Gasteiger partial charge >= 0.3 is 0 Å². The molecule has 3 N–H and O–H groups in total. The molecular formula is C20H21N3O3. The lowest BCUT2D eigenvalue weighted by Crippen LogP contribution is -2.49. The zero-order chi connectivity index (χ0) is 19.0. The quantitative estimate of drug-likeness (QED) is 0.813. The summed E-state index contributed by atoms with van der Waals surface area (Å²) in [5, 5.41) is 2.55. The molecule has 1 aliphatic heterocycles. The van der Waals surface area contributed by atoms with Crippen molar-refractivity contribution >= 4 is 29.1 Å². The average molecular weight is 351 g/mol. The van der Waals surface area contributed by atoms with E-state index in [1.54, 1.807) is 32.0 Å². The van der Waals surface area contributed by atoms with E-state index in [0.29, 0.717) is 16.9 Å². The van der Waals surface area contributed by atoms with Crippen LogP contribution in [0.2, 0.25) is 0 Å². The minimum Gasteiger partial charge on any atom is -0.398 e. The Morgan fingerprint density at radius 3 is 2.54 bits per heavy atom. The van der Waals surface area contributed by atoms with E-state index in [2.05, 4.69) is 5.32 Å². The number of carbonyl (C=O) groups is 3. The maximum Gasteiger partial charge on any atom is 0.256 e. The highest BCUT2D eigenvalue weighted by Gasteiger charge is 2.37. The summed E-state index contributed by atoms with van der Waals surface area (Å²) in [5.41, 5.74) is 9.46. The number of benzene rings is 2. The van der Waals surface area contributed by atoms with Gasteiger partial charge in [-0.1, -0.05) is 30.3 Å². The molecule has 0 aromatic heterocycles. The Morgan fingerprint density at radius 1 is 1.15 bits per heavy atom. The van der Waals surface area contributed by atoms with Crippen LogP contribution in [0.4, 0.5) is 11.4 Å². The molecule has 6 nitrogen and oxygen atoms in total. The van der Waals surface area contributed by atoms with Crippen LogP contribution in [-0.4, -0.2) is 23.8 Å². The number of rotatable bonds is 2. The minimum atomic E-state index is -0.834. The van der Waals surface area contributed by atoms with Gasteiger partial charge in [-0.05, 0) is 37.1 Å². The summed E-state index contributed by atoms with van der Waals surface area (Å²) >= 11 is 0.